The molecule has 122 valence electrons. The SMILES string of the molecule is CCC(=O)N1CCN(Cc2nc(-c3ccc(C)cc3)no2)CC1. The van der Waals surface area contributed by atoms with Gasteiger partial charge in [-0.05, 0) is 6.92 Å². The van der Waals surface area contributed by atoms with Crippen LogP contribution in [0.2, 0.25) is 0 Å². The van der Waals surface area contributed by atoms with E-state index >= 15 is 0 Å². The molecule has 0 bridgehead atoms. The number of carbonyl (C=O) groups excluding carboxylic acids is 1. The number of piperazine rings is 1. The number of benzene rings is 1. The van der Waals surface area contributed by atoms with Gasteiger partial charge in [0.25, 0.3) is 0 Å². The van der Waals surface area contributed by atoms with Crippen molar-refractivity contribution in [1.82, 2.24) is 19.9 Å². The van der Waals surface area contributed by atoms with E-state index in [4.69, 9.17) is 4.52 Å². The fourth-order valence-electron chi connectivity index (χ4n) is 2.71. The summed E-state index contributed by atoms with van der Waals surface area (Å²) in [6, 6.07) is 8.07. The summed E-state index contributed by atoms with van der Waals surface area (Å²) in [7, 11) is 0. The average molecular weight is 314 g/mol. The molecular weight excluding hydrogens is 292 g/mol. The van der Waals surface area contributed by atoms with E-state index in [0.717, 1.165) is 31.7 Å². The maximum atomic E-state index is 11.7. The molecule has 0 unspecified atom stereocenters. The first-order chi connectivity index (χ1) is 11.2. The lowest BCUT2D eigenvalue weighted by molar-refractivity contribution is -0.132. The van der Waals surface area contributed by atoms with Crippen molar-refractivity contribution < 1.29 is 9.32 Å². The zero-order chi connectivity index (χ0) is 16.2. The molecule has 2 heterocycles. The highest BCUT2D eigenvalue weighted by Crippen LogP contribution is 2.17. The number of amides is 1. The Morgan fingerprint density at radius 2 is 1.87 bits per heavy atom. The number of aromatic nitrogens is 2. The van der Waals surface area contributed by atoms with Crippen LogP contribution in [0.1, 0.15) is 24.8 Å². The topological polar surface area (TPSA) is 62.5 Å². The molecule has 6 heteroatoms. The third-order valence-corrected chi connectivity index (χ3v) is 4.16. The molecule has 2 aromatic rings. The van der Waals surface area contributed by atoms with Crippen LogP contribution in [0.3, 0.4) is 0 Å². The summed E-state index contributed by atoms with van der Waals surface area (Å²) in [4.78, 5) is 20.3. The summed E-state index contributed by atoms with van der Waals surface area (Å²) in [5.74, 6) is 1.47. The van der Waals surface area contributed by atoms with Gasteiger partial charge in [0.1, 0.15) is 0 Å². The third kappa shape index (κ3) is 3.76. The molecular formula is C17H22N4O2. The molecule has 1 saturated heterocycles. The van der Waals surface area contributed by atoms with Gasteiger partial charge in [-0.2, -0.15) is 4.98 Å². The summed E-state index contributed by atoms with van der Waals surface area (Å²) < 4.78 is 5.36. The summed E-state index contributed by atoms with van der Waals surface area (Å²) in [6.45, 7) is 7.81. The Hall–Kier alpha value is -2.21. The van der Waals surface area contributed by atoms with Crippen LogP contribution < -0.4 is 0 Å². The van der Waals surface area contributed by atoms with Gasteiger partial charge in [0, 0.05) is 38.2 Å². The second-order valence-corrected chi connectivity index (χ2v) is 5.89. The van der Waals surface area contributed by atoms with Crippen molar-refractivity contribution >= 4 is 5.91 Å². The molecule has 3 rings (SSSR count). The number of hydrogen-bond acceptors (Lipinski definition) is 5. The molecule has 1 aliphatic heterocycles. The molecule has 0 saturated carbocycles. The number of rotatable bonds is 4. The largest absolute Gasteiger partial charge is 0.340 e. The molecule has 0 radical (unpaired) electrons. The van der Waals surface area contributed by atoms with E-state index in [1.165, 1.54) is 5.56 Å². The Morgan fingerprint density at radius 1 is 1.17 bits per heavy atom. The van der Waals surface area contributed by atoms with Crippen LogP contribution in [0, 0.1) is 6.92 Å². The van der Waals surface area contributed by atoms with E-state index in [9.17, 15) is 4.79 Å². The molecule has 0 aliphatic carbocycles. The van der Waals surface area contributed by atoms with Gasteiger partial charge in [-0.1, -0.05) is 41.9 Å². The van der Waals surface area contributed by atoms with Crippen LogP contribution in [-0.4, -0.2) is 52.0 Å². The first-order valence-electron chi connectivity index (χ1n) is 8.05. The lowest BCUT2D eigenvalue weighted by Crippen LogP contribution is -2.48. The fraction of sp³-hybridized carbons (Fsp3) is 0.471. The van der Waals surface area contributed by atoms with E-state index in [2.05, 4.69) is 15.0 Å². The zero-order valence-corrected chi connectivity index (χ0v) is 13.7. The van der Waals surface area contributed by atoms with Gasteiger partial charge >= 0.3 is 0 Å². The number of hydrogen-bond donors (Lipinski definition) is 0. The standard InChI is InChI=1S/C17H22N4O2/c1-3-16(22)21-10-8-20(9-11-21)12-15-18-17(19-23-15)14-6-4-13(2)5-7-14/h4-7H,3,8-12H2,1-2H3. The van der Waals surface area contributed by atoms with Crippen molar-refractivity contribution in [3.63, 3.8) is 0 Å². The van der Waals surface area contributed by atoms with E-state index < -0.39 is 0 Å². The normalized spacial score (nSPS) is 15.8. The van der Waals surface area contributed by atoms with Crippen LogP contribution in [0.5, 0.6) is 0 Å². The van der Waals surface area contributed by atoms with Crippen LogP contribution in [0.25, 0.3) is 11.4 Å². The predicted octanol–water partition coefficient (Wildman–Crippen LogP) is 2.10. The quantitative estimate of drug-likeness (QED) is 0.865. The summed E-state index contributed by atoms with van der Waals surface area (Å²) in [5, 5.41) is 4.06. The Morgan fingerprint density at radius 3 is 2.52 bits per heavy atom. The molecule has 0 N–H and O–H groups in total. The lowest BCUT2D eigenvalue weighted by Gasteiger charge is -2.33. The monoisotopic (exact) mass is 314 g/mol. The molecule has 0 spiro atoms. The van der Waals surface area contributed by atoms with Crippen molar-refractivity contribution in [3.05, 3.63) is 35.7 Å². The molecule has 6 nitrogen and oxygen atoms in total. The minimum absolute atomic E-state index is 0.226. The summed E-state index contributed by atoms with van der Waals surface area (Å²) >= 11 is 0. The second-order valence-electron chi connectivity index (χ2n) is 5.89. The van der Waals surface area contributed by atoms with Gasteiger partial charge in [0.05, 0.1) is 6.54 Å². The Kier molecular flexibility index (Phi) is 4.71. The fourth-order valence-corrected chi connectivity index (χ4v) is 2.71. The second kappa shape index (κ2) is 6.91. The van der Waals surface area contributed by atoms with Crippen LogP contribution >= 0.6 is 0 Å². The number of carbonyl (C=O) groups is 1. The first kappa shape index (κ1) is 15.7. The van der Waals surface area contributed by atoms with Gasteiger partial charge < -0.3 is 9.42 Å². The maximum Gasteiger partial charge on any atom is 0.241 e. The molecule has 1 amide bonds. The van der Waals surface area contributed by atoms with Gasteiger partial charge in [0.15, 0.2) is 0 Å². The summed E-state index contributed by atoms with van der Waals surface area (Å²) in [6.07, 6.45) is 0.573. The van der Waals surface area contributed by atoms with Crippen LogP contribution in [0.15, 0.2) is 28.8 Å². The molecule has 0 atom stereocenters. The predicted molar refractivity (Wildman–Crippen MR) is 86.6 cm³/mol. The van der Waals surface area contributed by atoms with Gasteiger partial charge in [0.2, 0.25) is 17.6 Å². The molecule has 23 heavy (non-hydrogen) atoms. The van der Waals surface area contributed by atoms with Crippen molar-refractivity contribution in [2.75, 3.05) is 26.2 Å². The van der Waals surface area contributed by atoms with Crippen LogP contribution in [0.4, 0.5) is 0 Å². The maximum absolute atomic E-state index is 11.7. The van der Waals surface area contributed by atoms with Gasteiger partial charge in [-0.3, -0.25) is 9.69 Å². The first-order valence-corrected chi connectivity index (χ1v) is 8.05. The van der Waals surface area contributed by atoms with Crippen LogP contribution in [-0.2, 0) is 11.3 Å². The van der Waals surface area contributed by atoms with Crippen molar-refractivity contribution in [2.45, 2.75) is 26.8 Å². The van der Waals surface area contributed by atoms with E-state index in [1.54, 1.807) is 0 Å². The van der Waals surface area contributed by atoms with Gasteiger partial charge in [-0.15, -0.1) is 0 Å². The van der Waals surface area contributed by atoms with E-state index in [-0.39, 0.29) is 5.91 Å². The summed E-state index contributed by atoms with van der Waals surface area (Å²) in [5.41, 5.74) is 2.17. The Labute approximate surface area is 136 Å². The zero-order valence-electron chi connectivity index (χ0n) is 13.7. The highest BCUT2D eigenvalue weighted by molar-refractivity contribution is 5.75. The smallest absolute Gasteiger partial charge is 0.241 e. The highest BCUT2D eigenvalue weighted by Gasteiger charge is 2.21. The van der Waals surface area contributed by atoms with E-state index in [1.807, 2.05) is 43.0 Å². The molecule has 1 aliphatic rings. The van der Waals surface area contributed by atoms with Crippen molar-refractivity contribution in [3.8, 4) is 11.4 Å². The molecule has 1 aromatic carbocycles. The minimum Gasteiger partial charge on any atom is -0.340 e. The van der Waals surface area contributed by atoms with Crippen molar-refractivity contribution in [2.24, 2.45) is 0 Å². The Bertz CT molecular complexity index is 657. The van der Waals surface area contributed by atoms with E-state index in [0.29, 0.717) is 24.7 Å². The van der Waals surface area contributed by atoms with Crippen molar-refractivity contribution in [1.29, 1.82) is 0 Å². The lowest BCUT2D eigenvalue weighted by atomic mass is 10.1. The number of aryl methyl sites for hydroxylation is 1. The molecule has 1 fully saturated rings. The Balaban J connectivity index is 1.58. The third-order valence-electron chi connectivity index (χ3n) is 4.16. The molecule has 1 aromatic heterocycles. The highest BCUT2D eigenvalue weighted by atomic mass is 16.5. The number of nitrogens with zero attached hydrogens (tertiary/aromatic N) is 4. The van der Waals surface area contributed by atoms with Gasteiger partial charge in [-0.25, -0.2) is 0 Å². The average Bonchev–Trinajstić information content (AvgIpc) is 3.04. The minimum atomic E-state index is 0.226.